The van der Waals surface area contributed by atoms with Crippen molar-refractivity contribution in [1.82, 2.24) is 4.57 Å². The Kier molecular flexibility index (Phi) is 3.51. The Labute approximate surface area is 130 Å². The topological polar surface area (TPSA) is 48.1 Å². The summed E-state index contributed by atoms with van der Waals surface area (Å²) in [6.07, 6.45) is 1.97. The second kappa shape index (κ2) is 5.33. The van der Waals surface area contributed by atoms with Crippen LogP contribution in [-0.2, 0) is 6.54 Å². The highest BCUT2D eigenvalue weighted by molar-refractivity contribution is 9.10. The van der Waals surface area contributed by atoms with Gasteiger partial charge in [-0.3, -0.25) is 10.1 Å². The number of benzene rings is 2. The lowest BCUT2D eigenvalue weighted by Gasteiger charge is -2.07. The molecule has 0 aliphatic rings. The molecule has 5 heteroatoms. The van der Waals surface area contributed by atoms with Crippen LogP contribution in [0.1, 0.15) is 11.1 Å². The van der Waals surface area contributed by atoms with Gasteiger partial charge in [0.2, 0.25) is 0 Å². The fourth-order valence-corrected chi connectivity index (χ4v) is 2.83. The van der Waals surface area contributed by atoms with E-state index < -0.39 is 0 Å². The maximum Gasteiger partial charge on any atom is 0.275 e. The van der Waals surface area contributed by atoms with Crippen molar-refractivity contribution in [3.63, 3.8) is 0 Å². The number of aromatic nitrogens is 1. The number of hydrogen-bond donors (Lipinski definition) is 0. The number of nitro groups is 1. The minimum Gasteiger partial charge on any atom is -0.343 e. The summed E-state index contributed by atoms with van der Waals surface area (Å²) < 4.78 is 2.75. The van der Waals surface area contributed by atoms with E-state index in [0.717, 1.165) is 10.9 Å². The monoisotopic (exact) mass is 344 g/mol. The molecule has 106 valence electrons. The van der Waals surface area contributed by atoms with Crippen molar-refractivity contribution >= 4 is 32.5 Å². The summed E-state index contributed by atoms with van der Waals surface area (Å²) in [5, 5.41) is 12.3. The molecule has 0 bridgehead atoms. The standard InChI is InChI=1S/C16H13BrN2O2/c1-11-2-5-15-12(8-11)6-7-18(15)10-13-3-4-14(17)9-16(13)19(20)21/h2-9H,10H2,1H3. The van der Waals surface area contributed by atoms with E-state index >= 15 is 0 Å². The molecule has 0 saturated heterocycles. The molecule has 0 aliphatic carbocycles. The summed E-state index contributed by atoms with van der Waals surface area (Å²) in [5.74, 6) is 0. The van der Waals surface area contributed by atoms with E-state index in [-0.39, 0.29) is 10.6 Å². The van der Waals surface area contributed by atoms with Gasteiger partial charge in [-0.25, -0.2) is 0 Å². The van der Waals surface area contributed by atoms with Crippen LogP contribution < -0.4 is 0 Å². The number of hydrogen-bond acceptors (Lipinski definition) is 2. The van der Waals surface area contributed by atoms with Gasteiger partial charge in [-0.1, -0.05) is 27.6 Å². The Bertz CT molecular complexity index is 839. The lowest BCUT2D eigenvalue weighted by atomic mass is 10.1. The number of rotatable bonds is 3. The molecule has 0 aliphatic heterocycles. The van der Waals surface area contributed by atoms with Crippen LogP contribution in [0.2, 0.25) is 0 Å². The Morgan fingerprint density at radius 2 is 2.00 bits per heavy atom. The van der Waals surface area contributed by atoms with Crippen molar-refractivity contribution in [2.45, 2.75) is 13.5 Å². The highest BCUT2D eigenvalue weighted by Gasteiger charge is 2.15. The van der Waals surface area contributed by atoms with Gasteiger partial charge in [0.1, 0.15) is 0 Å². The quantitative estimate of drug-likeness (QED) is 0.512. The molecule has 0 atom stereocenters. The van der Waals surface area contributed by atoms with Crippen LogP contribution in [-0.4, -0.2) is 9.49 Å². The maximum atomic E-state index is 11.2. The summed E-state index contributed by atoms with van der Waals surface area (Å²) in [7, 11) is 0. The lowest BCUT2D eigenvalue weighted by Crippen LogP contribution is -2.02. The van der Waals surface area contributed by atoms with Gasteiger partial charge in [0.05, 0.1) is 11.5 Å². The maximum absolute atomic E-state index is 11.2. The number of nitrogens with zero attached hydrogens (tertiary/aromatic N) is 2. The number of fused-ring (bicyclic) bond motifs is 1. The first kappa shape index (κ1) is 13.8. The SMILES string of the molecule is Cc1ccc2c(ccn2Cc2ccc(Br)cc2[N+](=O)[O-])c1. The van der Waals surface area contributed by atoms with Crippen molar-refractivity contribution < 1.29 is 4.92 Å². The first-order chi connectivity index (χ1) is 10.0. The van der Waals surface area contributed by atoms with Crippen LogP contribution >= 0.6 is 15.9 Å². The smallest absolute Gasteiger partial charge is 0.275 e. The van der Waals surface area contributed by atoms with Gasteiger partial charge in [-0.2, -0.15) is 0 Å². The molecular formula is C16H13BrN2O2. The normalized spacial score (nSPS) is 11.0. The van der Waals surface area contributed by atoms with Crippen LogP contribution in [0.5, 0.6) is 0 Å². The van der Waals surface area contributed by atoms with Gasteiger partial charge in [-0.05, 0) is 42.6 Å². The molecule has 0 amide bonds. The van der Waals surface area contributed by atoms with Crippen LogP contribution in [0.25, 0.3) is 10.9 Å². The van der Waals surface area contributed by atoms with Crippen LogP contribution in [0, 0.1) is 17.0 Å². The van der Waals surface area contributed by atoms with Gasteiger partial charge >= 0.3 is 0 Å². The predicted octanol–water partition coefficient (Wildman–Crippen LogP) is 4.67. The van der Waals surface area contributed by atoms with Crippen molar-refractivity contribution in [2.75, 3.05) is 0 Å². The van der Waals surface area contributed by atoms with Crippen LogP contribution in [0.15, 0.2) is 53.1 Å². The Hall–Kier alpha value is -2.14. The average molecular weight is 345 g/mol. The van der Waals surface area contributed by atoms with E-state index in [2.05, 4.69) is 41.1 Å². The van der Waals surface area contributed by atoms with E-state index in [4.69, 9.17) is 0 Å². The molecule has 0 fully saturated rings. The molecule has 1 heterocycles. The third-order valence-electron chi connectivity index (χ3n) is 3.51. The largest absolute Gasteiger partial charge is 0.343 e. The van der Waals surface area contributed by atoms with E-state index in [9.17, 15) is 10.1 Å². The Morgan fingerprint density at radius 1 is 1.19 bits per heavy atom. The third kappa shape index (κ3) is 2.69. The summed E-state index contributed by atoms with van der Waals surface area (Å²) in [6, 6.07) is 13.4. The van der Waals surface area contributed by atoms with Crippen molar-refractivity contribution in [1.29, 1.82) is 0 Å². The molecule has 0 N–H and O–H groups in total. The molecule has 1 aromatic heterocycles. The molecule has 21 heavy (non-hydrogen) atoms. The van der Waals surface area contributed by atoms with E-state index in [0.29, 0.717) is 16.6 Å². The van der Waals surface area contributed by atoms with E-state index in [1.54, 1.807) is 12.1 Å². The third-order valence-corrected chi connectivity index (χ3v) is 4.00. The van der Waals surface area contributed by atoms with E-state index in [1.165, 1.54) is 5.56 Å². The highest BCUT2D eigenvalue weighted by Crippen LogP contribution is 2.26. The number of halogens is 1. The fraction of sp³-hybridized carbons (Fsp3) is 0.125. The molecule has 0 radical (unpaired) electrons. The Balaban J connectivity index is 2.05. The van der Waals surface area contributed by atoms with Gasteiger partial charge in [-0.15, -0.1) is 0 Å². The number of aryl methyl sites for hydroxylation is 1. The summed E-state index contributed by atoms with van der Waals surface area (Å²) in [6.45, 7) is 2.53. The molecule has 3 aromatic rings. The summed E-state index contributed by atoms with van der Waals surface area (Å²) in [4.78, 5) is 10.8. The second-order valence-corrected chi connectivity index (χ2v) is 5.95. The zero-order valence-electron chi connectivity index (χ0n) is 11.4. The molecule has 2 aromatic carbocycles. The first-order valence-corrected chi connectivity index (χ1v) is 7.32. The fourth-order valence-electron chi connectivity index (χ4n) is 2.48. The lowest BCUT2D eigenvalue weighted by molar-refractivity contribution is -0.385. The van der Waals surface area contributed by atoms with Crippen molar-refractivity contribution in [3.05, 3.63) is 74.4 Å². The predicted molar refractivity (Wildman–Crippen MR) is 86.6 cm³/mol. The number of nitro benzene ring substituents is 1. The Morgan fingerprint density at radius 3 is 2.76 bits per heavy atom. The molecule has 0 saturated carbocycles. The van der Waals surface area contributed by atoms with Crippen LogP contribution in [0.3, 0.4) is 0 Å². The zero-order valence-corrected chi connectivity index (χ0v) is 13.0. The van der Waals surface area contributed by atoms with Crippen LogP contribution in [0.4, 0.5) is 5.69 Å². The molecular weight excluding hydrogens is 332 g/mol. The van der Waals surface area contributed by atoms with Gasteiger partial charge < -0.3 is 4.57 Å². The van der Waals surface area contributed by atoms with Crippen molar-refractivity contribution in [3.8, 4) is 0 Å². The second-order valence-electron chi connectivity index (χ2n) is 5.04. The molecule has 4 nitrogen and oxygen atoms in total. The van der Waals surface area contributed by atoms with Gasteiger partial charge in [0.25, 0.3) is 5.69 Å². The van der Waals surface area contributed by atoms with Crippen molar-refractivity contribution in [2.24, 2.45) is 0 Å². The summed E-state index contributed by atoms with van der Waals surface area (Å²) in [5.41, 5.74) is 3.12. The zero-order chi connectivity index (χ0) is 15.0. The average Bonchev–Trinajstić information content (AvgIpc) is 2.82. The summed E-state index contributed by atoms with van der Waals surface area (Å²) >= 11 is 3.28. The van der Waals surface area contributed by atoms with E-state index in [1.807, 2.05) is 22.9 Å². The van der Waals surface area contributed by atoms with Gasteiger partial charge in [0.15, 0.2) is 0 Å². The van der Waals surface area contributed by atoms with Gasteiger partial charge in [0, 0.05) is 27.8 Å². The molecule has 3 rings (SSSR count). The minimum atomic E-state index is -0.337. The first-order valence-electron chi connectivity index (χ1n) is 6.53. The molecule has 0 unspecified atom stereocenters. The minimum absolute atomic E-state index is 0.137. The highest BCUT2D eigenvalue weighted by atomic mass is 79.9. The molecule has 0 spiro atoms.